The van der Waals surface area contributed by atoms with Crippen molar-refractivity contribution in [2.75, 3.05) is 13.1 Å². The van der Waals surface area contributed by atoms with Gasteiger partial charge in [-0.15, -0.1) is 0 Å². The van der Waals surface area contributed by atoms with Gasteiger partial charge in [-0.3, -0.25) is 9.59 Å². The molecule has 1 aliphatic rings. The number of nitrogens with zero attached hydrogens (tertiary/aromatic N) is 1. The van der Waals surface area contributed by atoms with Gasteiger partial charge in [-0.25, -0.2) is 0 Å². The van der Waals surface area contributed by atoms with Crippen LogP contribution in [0.25, 0.3) is 10.9 Å². The van der Waals surface area contributed by atoms with Gasteiger partial charge in [-0.2, -0.15) is 0 Å². The predicted molar refractivity (Wildman–Crippen MR) is 99.3 cm³/mol. The largest absolute Gasteiger partial charge is 0.356 e. The maximum absolute atomic E-state index is 12.6. The topological polar surface area (TPSA) is 65.2 Å². The lowest BCUT2D eigenvalue weighted by Crippen LogP contribution is -2.38. The summed E-state index contributed by atoms with van der Waals surface area (Å²) in [5, 5.41) is 4.08. The van der Waals surface area contributed by atoms with Crippen LogP contribution in [0.5, 0.6) is 0 Å². The summed E-state index contributed by atoms with van der Waals surface area (Å²) >= 11 is 0. The zero-order chi connectivity index (χ0) is 17.8. The standard InChI is InChI=1S/C20H27N3O2/c1-14-20-17(16-8-5-6-9-18(16)22-20)11-13-23(14)19(25)10-4-3-7-12-21-15(2)24/h5-6,8-9,14,22H,3-4,7,10-13H2,1-2H3,(H,21,24)/t14-/m0/s1. The number of rotatable bonds is 6. The van der Waals surface area contributed by atoms with Crippen LogP contribution in [0.4, 0.5) is 0 Å². The monoisotopic (exact) mass is 341 g/mol. The van der Waals surface area contributed by atoms with E-state index in [2.05, 4.69) is 35.4 Å². The van der Waals surface area contributed by atoms with E-state index in [9.17, 15) is 9.59 Å². The molecule has 0 radical (unpaired) electrons. The molecule has 25 heavy (non-hydrogen) atoms. The van der Waals surface area contributed by atoms with Gasteiger partial charge in [0, 0.05) is 43.0 Å². The average molecular weight is 341 g/mol. The number of amides is 2. The van der Waals surface area contributed by atoms with Crippen molar-refractivity contribution in [1.82, 2.24) is 15.2 Å². The molecule has 0 fully saturated rings. The van der Waals surface area contributed by atoms with Gasteiger partial charge in [-0.1, -0.05) is 24.6 Å². The van der Waals surface area contributed by atoms with Gasteiger partial charge in [0.25, 0.3) is 0 Å². The Bertz CT molecular complexity index is 765. The smallest absolute Gasteiger partial charge is 0.223 e. The Balaban J connectivity index is 1.55. The van der Waals surface area contributed by atoms with Crippen LogP contribution in [-0.4, -0.2) is 34.8 Å². The molecule has 0 saturated heterocycles. The van der Waals surface area contributed by atoms with E-state index in [0.717, 1.165) is 37.7 Å². The molecule has 1 aliphatic heterocycles. The minimum absolute atomic E-state index is 0.00681. The average Bonchev–Trinajstić information content (AvgIpc) is 2.97. The van der Waals surface area contributed by atoms with E-state index in [-0.39, 0.29) is 17.9 Å². The number of hydrogen-bond acceptors (Lipinski definition) is 2. The highest BCUT2D eigenvalue weighted by Gasteiger charge is 2.29. The molecular weight excluding hydrogens is 314 g/mol. The summed E-state index contributed by atoms with van der Waals surface area (Å²) in [6.45, 7) is 5.13. The highest BCUT2D eigenvalue weighted by molar-refractivity contribution is 5.86. The summed E-state index contributed by atoms with van der Waals surface area (Å²) in [4.78, 5) is 29.0. The predicted octanol–water partition coefficient (Wildman–Crippen LogP) is 3.31. The van der Waals surface area contributed by atoms with Crippen molar-refractivity contribution >= 4 is 22.7 Å². The van der Waals surface area contributed by atoms with E-state index in [1.165, 1.54) is 23.6 Å². The number of carbonyl (C=O) groups is 2. The molecule has 134 valence electrons. The number of carbonyl (C=O) groups excluding carboxylic acids is 2. The van der Waals surface area contributed by atoms with Crippen molar-refractivity contribution in [3.05, 3.63) is 35.5 Å². The van der Waals surface area contributed by atoms with Crippen molar-refractivity contribution in [2.24, 2.45) is 0 Å². The van der Waals surface area contributed by atoms with E-state index >= 15 is 0 Å². The number of fused-ring (bicyclic) bond motifs is 3. The van der Waals surface area contributed by atoms with Gasteiger partial charge < -0.3 is 15.2 Å². The first-order valence-electron chi connectivity index (χ1n) is 9.21. The number of H-pyrrole nitrogens is 1. The van der Waals surface area contributed by atoms with Crippen molar-refractivity contribution in [1.29, 1.82) is 0 Å². The summed E-state index contributed by atoms with van der Waals surface area (Å²) in [6.07, 6.45) is 4.26. The molecule has 0 aliphatic carbocycles. The second-order valence-electron chi connectivity index (χ2n) is 6.87. The molecule has 2 amide bonds. The van der Waals surface area contributed by atoms with Crippen LogP contribution in [0.2, 0.25) is 0 Å². The lowest BCUT2D eigenvalue weighted by atomic mass is 9.97. The molecule has 1 aromatic heterocycles. The third-order valence-electron chi connectivity index (χ3n) is 5.10. The minimum atomic E-state index is 0.00681. The fourth-order valence-corrected chi connectivity index (χ4v) is 3.76. The van der Waals surface area contributed by atoms with Gasteiger partial charge in [-0.05, 0) is 37.8 Å². The summed E-state index contributed by atoms with van der Waals surface area (Å²) in [5.74, 6) is 0.240. The third-order valence-corrected chi connectivity index (χ3v) is 5.10. The van der Waals surface area contributed by atoms with E-state index in [1.54, 1.807) is 0 Å². The number of aromatic nitrogens is 1. The summed E-state index contributed by atoms with van der Waals surface area (Å²) in [5.41, 5.74) is 3.71. The zero-order valence-electron chi connectivity index (χ0n) is 15.1. The number of nitrogens with one attached hydrogen (secondary N) is 2. The Morgan fingerprint density at radius 1 is 1.24 bits per heavy atom. The van der Waals surface area contributed by atoms with Crippen LogP contribution in [0, 0.1) is 0 Å². The third kappa shape index (κ3) is 3.86. The molecule has 0 unspecified atom stereocenters. The van der Waals surface area contributed by atoms with E-state index in [0.29, 0.717) is 13.0 Å². The van der Waals surface area contributed by atoms with Crippen LogP contribution >= 0.6 is 0 Å². The van der Waals surface area contributed by atoms with E-state index in [4.69, 9.17) is 0 Å². The molecule has 2 aromatic rings. The van der Waals surface area contributed by atoms with Gasteiger partial charge in [0.1, 0.15) is 0 Å². The molecule has 1 atom stereocenters. The van der Waals surface area contributed by atoms with Gasteiger partial charge in [0.15, 0.2) is 0 Å². The molecule has 3 rings (SSSR count). The number of benzene rings is 1. The molecule has 0 bridgehead atoms. The molecule has 0 saturated carbocycles. The van der Waals surface area contributed by atoms with Crippen LogP contribution < -0.4 is 5.32 Å². The van der Waals surface area contributed by atoms with Crippen molar-refractivity contribution < 1.29 is 9.59 Å². The number of unbranched alkanes of at least 4 members (excludes halogenated alkanes) is 2. The van der Waals surface area contributed by atoms with Gasteiger partial charge >= 0.3 is 0 Å². The highest BCUT2D eigenvalue weighted by atomic mass is 16.2. The molecule has 2 N–H and O–H groups in total. The molecule has 2 heterocycles. The second kappa shape index (κ2) is 7.72. The Labute approximate surface area is 148 Å². The Morgan fingerprint density at radius 3 is 2.84 bits per heavy atom. The summed E-state index contributed by atoms with van der Waals surface area (Å²) < 4.78 is 0. The van der Waals surface area contributed by atoms with E-state index < -0.39 is 0 Å². The first-order chi connectivity index (χ1) is 12.1. The second-order valence-corrected chi connectivity index (χ2v) is 6.87. The van der Waals surface area contributed by atoms with Crippen molar-refractivity contribution in [3.8, 4) is 0 Å². The molecule has 0 spiro atoms. The van der Waals surface area contributed by atoms with Crippen LogP contribution in [0.3, 0.4) is 0 Å². The van der Waals surface area contributed by atoms with Crippen molar-refractivity contribution in [3.63, 3.8) is 0 Å². The van der Waals surface area contributed by atoms with Gasteiger partial charge in [0.05, 0.1) is 6.04 Å². The normalized spacial score (nSPS) is 16.7. The first-order valence-corrected chi connectivity index (χ1v) is 9.21. The maximum atomic E-state index is 12.6. The van der Waals surface area contributed by atoms with Crippen LogP contribution in [0.15, 0.2) is 24.3 Å². The summed E-state index contributed by atoms with van der Waals surface area (Å²) in [7, 11) is 0. The fraction of sp³-hybridized carbons (Fsp3) is 0.500. The number of para-hydroxylation sites is 1. The summed E-state index contributed by atoms with van der Waals surface area (Å²) in [6, 6.07) is 8.47. The molecular formula is C20H27N3O2. The Morgan fingerprint density at radius 2 is 2.04 bits per heavy atom. The first kappa shape index (κ1) is 17.5. The zero-order valence-corrected chi connectivity index (χ0v) is 15.1. The Hall–Kier alpha value is -2.30. The van der Waals surface area contributed by atoms with Crippen LogP contribution in [-0.2, 0) is 16.0 Å². The minimum Gasteiger partial charge on any atom is -0.356 e. The van der Waals surface area contributed by atoms with Gasteiger partial charge in [0.2, 0.25) is 11.8 Å². The lowest BCUT2D eigenvalue weighted by Gasteiger charge is -2.33. The highest BCUT2D eigenvalue weighted by Crippen LogP contribution is 2.34. The quantitative estimate of drug-likeness (QED) is 0.792. The molecule has 5 heteroatoms. The molecule has 1 aromatic carbocycles. The van der Waals surface area contributed by atoms with Crippen LogP contribution in [0.1, 0.15) is 56.8 Å². The maximum Gasteiger partial charge on any atom is 0.223 e. The number of aromatic amines is 1. The van der Waals surface area contributed by atoms with Crippen molar-refractivity contribution in [2.45, 2.75) is 52.0 Å². The fourth-order valence-electron chi connectivity index (χ4n) is 3.76. The SMILES string of the molecule is CC(=O)NCCCCCC(=O)N1CCc2c([nH]c3ccccc23)[C@@H]1C. The molecule has 5 nitrogen and oxygen atoms in total. The number of hydrogen-bond donors (Lipinski definition) is 2. The van der Waals surface area contributed by atoms with E-state index in [1.807, 2.05) is 11.0 Å². The Kier molecular flexibility index (Phi) is 5.41. The lowest BCUT2D eigenvalue weighted by molar-refractivity contribution is -0.134.